The molecule has 0 amide bonds. The first kappa shape index (κ1) is 17.8. The van der Waals surface area contributed by atoms with Crippen LogP contribution in [0.15, 0.2) is 29.3 Å². The molecule has 1 saturated carbocycles. The first-order valence-corrected chi connectivity index (χ1v) is 8.51. The second kappa shape index (κ2) is 7.47. The van der Waals surface area contributed by atoms with E-state index in [0.717, 1.165) is 17.5 Å². The van der Waals surface area contributed by atoms with E-state index in [1.165, 1.54) is 13.1 Å². The Morgan fingerprint density at radius 3 is 2.73 bits per heavy atom. The third-order valence-corrected chi connectivity index (χ3v) is 4.08. The van der Waals surface area contributed by atoms with Gasteiger partial charge in [-0.2, -0.15) is 5.10 Å². The lowest BCUT2D eigenvalue weighted by molar-refractivity contribution is 0.0473. The molecule has 0 spiro atoms. The molecule has 2 heterocycles. The maximum Gasteiger partial charge on any atom is 0.359 e. The van der Waals surface area contributed by atoms with E-state index in [-0.39, 0.29) is 23.5 Å². The van der Waals surface area contributed by atoms with E-state index < -0.39 is 17.3 Å². The topological polar surface area (TPSA) is 103 Å². The molecule has 1 aliphatic carbocycles. The number of ketones is 1. The lowest BCUT2D eigenvalue weighted by Gasteiger charge is -2.15. The van der Waals surface area contributed by atoms with Crippen molar-refractivity contribution < 1.29 is 14.3 Å². The van der Waals surface area contributed by atoms with Crippen molar-refractivity contribution in [3.8, 4) is 0 Å². The average Bonchev–Trinajstić information content (AvgIpc) is 3.46. The average molecular weight is 356 g/mol. The van der Waals surface area contributed by atoms with Crippen LogP contribution in [0.25, 0.3) is 0 Å². The number of hydrogen-bond acceptors (Lipinski definition) is 7. The zero-order valence-electron chi connectivity index (χ0n) is 14.7. The van der Waals surface area contributed by atoms with E-state index in [2.05, 4.69) is 15.4 Å². The number of rotatable bonds is 7. The normalized spacial score (nSPS) is 13.3. The number of anilines is 2. The van der Waals surface area contributed by atoms with Gasteiger partial charge in [-0.3, -0.25) is 14.6 Å². The Bertz CT molecular complexity index is 888. The van der Waals surface area contributed by atoms with Crippen LogP contribution < -0.4 is 10.9 Å². The summed E-state index contributed by atoms with van der Waals surface area (Å²) in [4.78, 5) is 41.4. The zero-order valence-corrected chi connectivity index (χ0v) is 14.7. The summed E-state index contributed by atoms with van der Waals surface area (Å²) in [6, 6.07) is 3.40. The van der Waals surface area contributed by atoms with E-state index in [4.69, 9.17) is 4.74 Å². The molecule has 8 heteroatoms. The molecule has 1 aliphatic rings. The number of aromatic nitrogens is 3. The molecule has 0 aromatic carbocycles. The van der Waals surface area contributed by atoms with Gasteiger partial charge in [0.15, 0.2) is 11.5 Å². The van der Waals surface area contributed by atoms with Crippen molar-refractivity contribution in [3.05, 3.63) is 46.1 Å². The van der Waals surface area contributed by atoms with Gasteiger partial charge in [0.1, 0.15) is 5.69 Å². The molecule has 0 atom stereocenters. The Morgan fingerprint density at radius 1 is 1.38 bits per heavy atom. The molecule has 8 nitrogen and oxygen atoms in total. The van der Waals surface area contributed by atoms with Crippen molar-refractivity contribution in [2.45, 2.75) is 33.2 Å². The Morgan fingerprint density at radius 2 is 2.15 bits per heavy atom. The number of aryl methyl sites for hydroxylation is 1. The third-order valence-electron chi connectivity index (χ3n) is 4.08. The second-order valence-corrected chi connectivity index (χ2v) is 6.18. The maximum absolute atomic E-state index is 12.7. The van der Waals surface area contributed by atoms with Crippen molar-refractivity contribution in [3.63, 3.8) is 0 Å². The number of carbonyl (C=O) groups is 2. The lowest BCUT2D eigenvalue weighted by Crippen LogP contribution is -2.31. The van der Waals surface area contributed by atoms with Gasteiger partial charge in [-0.25, -0.2) is 9.48 Å². The molecule has 0 radical (unpaired) electrons. The summed E-state index contributed by atoms with van der Waals surface area (Å²) in [6.07, 6.45) is 5.17. The number of esters is 1. The minimum absolute atomic E-state index is 0.000668. The summed E-state index contributed by atoms with van der Waals surface area (Å²) < 4.78 is 6.42. The SMILES string of the molecule is CCn1nc(C(=O)OCC2CC2)c(C(C)=O)c(Nc2cccnc2)c1=O. The number of hydrogen-bond donors (Lipinski definition) is 1. The summed E-state index contributed by atoms with van der Waals surface area (Å²) >= 11 is 0. The zero-order chi connectivity index (χ0) is 18.7. The largest absolute Gasteiger partial charge is 0.461 e. The molecular weight excluding hydrogens is 336 g/mol. The number of nitrogens with zero attached hydrogens (tertiary/aromatic N) is 3. The summed E-state index contributed by atoms with van der Waals surface area (Å²) in [5.41, 5.74) is -0.172. The van der Waals surface area contributed by atoms with Crippen molar-refractivity contribution in [1.29, 1.82) is 0 Å². The summed E-state index contributed by atoms with van der Waals surface area (Å²) in [6.45, 7) is 3.57. The van der Waals surface area contributed by atoms with Gasteiger partial charge in [0, 0.05) is 12.7 Å². The van der Waals surface area contributed by atoms with Crippen molar-refractivity contribution >= 4 is 23.1 Å². The highest BCUT2D eigenvalue weighted by atomic mass is 16.5. The first-order chi connectivity index (χ1) is 12.5. The molecular formula is C18H20N4O4. The van der Waals surface area contributed by atoms with E-state index in [1.54, 1.807) is 25.3 Å². The van der Waals surface area contributed by atoms with Crippen LogP contribution in [0, 0.1) is 5.92 Å². The van der Waals surface area contributed by atoms with Crippen LogP contribution in [0.4, 0.5) is 11.4 Å². The molecule has 1 fully saturated rings. The van der Waals surface area contributed by atoms with Gasteiger partial charge in [0.2, 0.25) is 0 Å². The molecule has 0 saturated heterocycles. The lowest BCUT2D eigenvalue weighted by atomic mass is 10.1. The Labute approximate surface area is 150 Å². The maximum atomic E-state index is 12.7. The fourth-order valence-corrected chi connectivity index (χ4v) is 2.51. The highest BCUT2D eigenvalue weighted by Gasteiger charge is 2.28. The molecule has 1 N–H and O–H groups in total. The Balaban J connectivity index is 2.07. The molecule has 3 rings (SSSR count). The van der Waals surface area contributed by atoms with Gasteiger partial charge in [-0.05, 0) is 44.7 Å². The van der Waals surface area contributed by atoms with Gasteiger partial charge in [-0.15, -0.1) is 0 Å². The summed E-state index contributed by atoms with van der Waals surface area (Å²) in [5, 5.41) is 6.97. The molecule has 0 aliphatic heterocycles. The highest BCUT2D eigenvalue weighted by molar-refractivity contribution is 6.08. The molecule has 136 valence electrons. The predicted octanol–water partition coefficient (Wildman–Crippen LogP) is 2.17. The van der Waals surface area contributed by atoms with Crippen LogP contribution in [0.5, 0.6) is 0 Å². The summed E-state index contributed by atoms with van der Waals surface area (Å²) in [7, 11) is 0. The van der Waals surface area contributed by atoms with Crippen LogP contribution in [-0.4, -0.2) is 33.1 Å². The number of carbonyl (C=O) groups excluding carboxylic acids is 2. The molecule has 0 unspecified atom stereocenters. The van der Waals surface area contributed by atoms with Crippen molar-refractivity contribution in [2.24, 2.45) is 5.92 Å². The summed E-state index contributed by atoms with van der Waals surface area (Å²) in [5.74, 6) is -0.758. The standard InChI is InChI=1S/C18H20N4O4/c1-3-22-17(24)15(20-13-5-4-8-19-9-13)14(11(2)23)16(21-22)18(25)26-10-12-6-7-12/h4-5,8-9,12,20H,3,6-7,10H2,1-2H3. The number of nitrogens with one attached hydrogen (secondary N) is 1. The van der Waals surface area contributed by atoms with Gasteiger partial charge in [0.25, 0.3) is 5.56 Å². The third kappa shape index (κ3) is 3.79. The quantitative estimate of drug-likeness (QED) is 0.599. The smallest absolute Gasteiger partial charge is 0.359 e. The van der Waals surface area contributed by atoms with Crippen LogP contribution >= 0.6 is 0 Å². The van der Waals surface area contributed by atoms with Gasteiger partial charge >= 0.3 is 5.97 Å². The minimum Gasteiger partial charge on any atom is -0.461 e. The van der Waals surface area contributed by atoms with E-state index in [9.17, 15) is 14.4 Å². The van der Waals surface area contributed by atoms with Gasteiger partial charge < -0.3 is 10.1 Å². The van der Waals surface area contributed by atoms with E-state index in [0.29, 0.717) is 18.2 Å². The van der Waals surface area contributed by atoms with Gasteiger partial charge in [-0.1, -0.05) is 0 Å². The van der Waals surface area contributed by atoms with Crippen molar-refractivity contribution in [1.82, 2.24) is 14.8 Å². The number of pyridine rings is 1. The van der Waals surface area contributed by atoms with E-state index in [1.807, 2.05) is 0 Å². The monoisotopic (exact) mass is 356 g/mol. The van der Waals surface area contributed by atoms with Crippen LogP contribution in [0.1, 0.15) is 47.5 Å². The predicted molar refractivity (Wildman–Crippen MR) is 94.7 cm³/mol. The number of ether oxygens (including phenoxy) is 1. The van der Waals surface area contributed by atoms with Gasteiger partial charge in [0.05, 0.1) is 24.1 Å². The van der Waals surface area contributed by atoms with Crippen LogP contribution in [0.3, 0.4) is 0 Å². The minimum atomic E-state index is -0.696. The second-order valence-electron chi connectivity index (χ2n) is 6.18. The Hall–Kier alpha value is -3.03. The molecule has 0 bridgehead atoms. The van der Waals surface area contributed by atoms with E-state index >= 15 is 0 Å². The fraction of sp³-hybridized carbons (Fsp3) is 0.389. The molecule has 26 heavy (non-hydrogen) atoms. The van der Waals surface area contributed by atoms with Crippen molar-refractivity contribution in [2.75, 3.05) is 11.9 Å². The fourth-order valence-electron chi connectivity index (χ4n) is 2.51. The molecule has 2 aromatic heterocycles. The van der Waals surface area contributed by atoms with Crippen LogP contribution in [0.2, 0.25) is 0 Å². The number of Topliss-reactive ketones (excluding diaryl/α,β-unsaturated/α-hetero) is 1. The van der Waals surface area contributed by atoms with Crippen LogP contribution in [-0.2, 0) is 11.3 Å². The first-order valence-electron chi connectivity index (χ1n) is 8.51. The molecule has 2 aromatic rings. The Kier molecular flexibility index (Phi) is 5.11. The highest BCUT2D eigenvalue weighted by Crippen LogP contribution is 2.29.